The molecule has 22 heavy (non-hydrogen) atoms. The van der Waals surface area contributed by atoms with Crippen LogP contribution in [0.2, 0.25) is 0 Å². The predicted octanol–water partition coefficient (Wildman–Crippen LogP) is -0.173. The lowest BCUT2D eigenvalue weighted by atomic mass is 9.97. The lowest BCUT2D eigenvalue weighted by Crippen LogP contribution is -2.46. The van der Waals surface area contributed by atoms with Crippen molar-refractivity contribution in [3.63, 3.8) is 0 Å². The van der Waals surface area contributed by atoms with Gasteiger partial charge in [0.15, 0.2) is 0 Å². The van der Waals surface area contributed by atoms with E-state index in [0.717, 1.165) is 30.4 Å². The molecule has 7 heteroatoms. The molecule has 0 radical (unpaired) electrons. The summed E-state index contributed by atoms with van der Waals surface area (Å²) in [4.78, 5) is 38.0. The molecule has 1 N–H and O–H groups in total. The Morgan fingerprint density at radius 3 is 2.73 bits per heavy atom. The highest BCUT2D eigenvalue weighted by molar-refractivity contribution is 5.79. The molecular formula is C15H24N4O3. The van der Waals surface area contributed by atoms with E-state index in [1.807, 2.05) is 11.8 Å². The molecule has 0 saturated carbocycles. The molecular weight excluding hydrogens is 284 g/mol. The first-order valence-electron chi connectivity index (χ1n) is 7.75. The van der Waals surface area contributed by atoms with Crippen LogP contribution >= 0.6 is 0 Å². The summed E-state index contributed by atoms with van der Waals surface area (Å²) in [5, 5.41) is 2.92. The van der Waals surface area contributed by atoms with Crippen LogP contribution in [0, 0.1) is 5.92 Å². The van der Waals surface area contributed by atoms with Gasteiger partial charge in [-0.25, -0.2) is 4.79 Å². The fourth-order valence-corrected chi connectivity index (χ4v) is 2.82. The molecule has 1 atom stereocenters. The molecule has 2 rings (SSSR count). The summed E-state index contributed by atoms with van der Waals surface area (Å²) in [7, 11) is 3.11. The number of aromatic nitrogens is 2. The van der Waals surface area contributed by atoms with E-state index in [1.54, 1.807) is 7.05 Å². The van der Waals surface area contributed by atoms with Crippen molar-refractivity contribution < 1.29 is 4.79 Å². The Bertz CT molecular complexity index is 662. The van der Waals surface area contributed by atoms with Crippen LogP contribution in [0.4, 0.5) is 5.82 Å². The number of nitrogens with one attached hydrogen (secondary N) is 1. The lowest BCUT2D eigenvalue weighted by Gasteiger charge is -2.34. The lowest BCUT2D eigenvalue weighted by molar-refractivity contribution is -0.125. The van der Waals surface area contributed by atoms with Gasteiger partial charge in [-0.3, -0.25) is 18.7 Å². The van der Waals surface area contributed by atoms with Crippen LogP contribution in [0.15, 0.2) is 15.7 Å². The summed E-state index contributed by atoms with van der Waals surface area (Å²) in [6, 6.07) is 1.47. The highest BCUT2D eigenvalue weighted by Gasteiger charge is 2.27. The molecule has 1 amide bonds. The van der Waals surface area contributed by atoms with Gasteiger partial charge in [-0.05, 0) is 19.3 Å². The molecule has 2 heterocycles. The summed E-state index contributed by atoms with van der Waals surface area (Å²) in [6.07, 6.45) is 2.61. The summed E-state index contributed by atoms with van der Waals surface area (Å²) in [5.41, 5.74) is -0.671. The normalized spacial score (nSPS) is 18.3. The fraction of sp³-hybridized carbons (Fsp3) is 0.667. The van der Waals surface area contributed by atoms with Crippen molar-refractivity contribution in [1.29, 1.82) is 0 Å². The van der Waals surface area contributed by atoms with Crippen molar-refractivity contribution in [1.82, 2.24) is 14.5 Å². The number of anilines is 1. The number of carbonyl (C=O) groups excluding carboxylic acids is 1. The number of hydrogen-bond donors (Lipinski definition) is 1. The Kier molecular flexibility index (Phi) is 5.05. The van der Waals surface area contributed by atoms with Gasteiger partial charge in [-0.1, -0.05) is 6.92 Å². The van der Waals surface area contributed by atoms with Crippen molar-refractivity contribution >= 4 is 11.7 Å². The third-order valence-corrected chi connectivity index (χ3v) is 4.17. The van der Waals surface area contributed by atoms with Gasteiger partial charge in [0.2, 0.25) is 5.91 Å². The van der Waals surface area contributed by atoms with Gasteiger partial charge < -0.3 is 10.2 Å². The van der Waals surface area contributed by atoms with Crippen molar-refractivity contribution in [2.24, 2.45) is 20.0 Å². The first-order valence-corrected chi connectivity index (χ1v) is 7.75. The molecule has 7 nitrogen and oxygen atoms in total. The van der Waals surface area contributed by atoms with Gasteiger partial charge >= 0.3 is 5.69 Å². The van der Waals surface area contributed by atoms with E-state index >= 15 is 0 Å². The average molecular weight is 308 g/mol. The van der Waals surface area contributed by atoms with Crippen LogP contribution in [0.5, 0.6) is 0 Å². The number of amides is 1. The minimum Gasteiger partial charge on any atom is -0.357 e. The van der Waals surface area contributed by atoms with Crippen molar-refractivity contribution in [3.8, 4) is 0 Å². The number of carbonyl (C=O) groups is 1. The zero-order valence-corrected chi connectivity index (χ0v) is 13.5. The highest BCUT2D eigenvalue weighted by atomic mass is 16.2. The summed E-state index contributed by atoms with van der Waals surface area (Å²) in [6.45, 7) is 3.98. The molecule has 1 aliphatic heterocycles. The molecule has 122 valence electrons. The zero-order chi connectivity index (χ0) is 16.3. The maximum atomic E-state index is 12.1. The maximum Gasteiger partial charge on any atom is 0.332 e. The van der Waals surface area contributed by atoms with Crippen LogP contribution in [-0.2, 0) is 18.9 Å². The number of rotatable bonds is 4. The Hall–Kier alpha value is -2.05. The summed E-state index contributed by atoms with van der Waals surface area (Å²) < 4.78 is 2.55. The van der Waals surface area contributed by atoms with Crippen LogP contribution in [0.3, 0.4) is 0 Å². The summed E-state index contributed by atoms with van der Waals surface area (Å²) in [5.74, 6) is 0.543. The van der Waals surface area contributed by atoms with E-state index in [4.69, 9.17) is 0 Å². The largest absolute Gasteiger partial charge is 0.357 e. The number of nitrogens with zero attached hydrogens (tertiary/aromatic N) is 3. The fourth-order valence-electron chi connectivity index (χ4n) is 2.82. The van der Waals surface area contributed by atoms with Crippen LogP contribution < -0.4 is 21.5 Å². The van der Waals surface area contributed by atoms with Gasteiger partial charge in [0.1, 0.15) is 5.82 Å². The van der Waals surface area contributed by atoms with Gasteiger partial charge in [-0.2, -0.15) is 0 Å². The molecule has 0 aliphatic carbocycles. The molecule has 1 aromatic heterocycles. The van der Waals surface area contributed by atoms with Crippen LogP contribution in [0.1, 0.15) is 26.2 Å². The summed E-state index contributed by atoms with van der Waals surface area (Å²) >= 11 is 0. The van der Waals surface area contributed by atoms with Gasteiger partial charge in [0, 0.05) is 39.8 Å². The molecule has 1 saturated heterocycles. The molecule has 1 aliphatic rings. The van der Waals surface area contributed by atoms with Gasteiger partial charge in [-0.15, -0.1) is 0 Å². The van der Waals surface area contributed by atoms with E-state index < -0.39 is 0 Å². The number of hydrogen-bond acceptors (Lipinski definition) is 4. The standard InChI is InChI=1S/C15H24N4O3/c1-4-7-16-14(21)11-6-5-8-19(10-11)12-9-13(20)18(3)15(22)17(12)2/h9,11H,4-8,10H2,1-3H3,(H,16,21). The monoisotopic (exact) mass is 308 g/mol. The predicted molar refractivity (Wildman–Crippen MR) is 85.2 cm³/mol. The Morgan fingerprint density at radius 2 is 2.05 bits per heavy atom. The molecule has 0 bridgehead atoms. The van der Waals surface area contributed by atoms with E-state index in [0.29, 0.717) is 18.9 Å². The van der Waals surface area contributed by atoms with Gasteiger partial charge in [0.05, 0.1) is 5.92 Å². The van der Waals surface area contributed by atoms with E-state index in [-0.39, 0.29) is 23.1 Å². The molecule has 1 unspecified atom stereocenters. The van der Waals surface area contributed by atoms with E-state index in [9.17, 15) is 14.4 Å². The Balaban J connectivity index is 2.21. The minimum atomic E-state index is -0.347. The topological polar surface area (TPSA) is 76.3 Å². The third-order valence-electron chi connectivity index (χ3n) is 4.17. The second-order valence-electron chi connectivity index (χ2n) is 5.82. The van der Waals surface area contributed by atoms with Gasteiger partial charge in [0.25, 0.3) is 5.56 Å². The Morgan fingerprint density at radius 1 is 1.32 bits per heavy atom. The van der Waals surface area contributed by atoms with Crippen molar-refractivity contribution in [2.45, 2.75) is 26.2 Å². The minimum absolute atomic E-state index is 0.0559. The van der Waals surface area contributed by atoms with Crippen molar-refractivity contribution in [3.05, 3.63) is 26.9 Å². The zero-order valence-electron chi connectivity index (χ0n) is 13.5. The van der Waals surface area contributed by atoms with E-state index in [1.165, 1.54) is 17.7 Å². The van der Waals surface area contributed by atoms with Crippen LogP contribution in [-0.4, -0.2) is 34.7 Å². The Labute approximate surface area is 129 Å². The number of piperidine rings is 1. The quantitative estimate of drug-likeness (QED) is 0.837. The second-order valence-corrected chi connectivity index (χ2v) is 5.82. The smallest absolute Gasteiger partial charge is 0.332 e. The molecule has 1 aromatic rings. The second kappa shape index (κ2) is 6.81. The average Bonchev–Trinajstić information content (AvgIpc) is 2.54. The first kappa shape index (κ1) is 16.3. The molecule has 0 spiro atoms. The first-order chi connectivity index (χ1) is 10.5. The molecule has 0 aromatic carbocycles. The van der Waals surface area contributed by atoms with Crippen molar-refractivity contribution in [2.75, 3.05) is 24.5 Å². The SMILES string of the molecule is CCCNC(=O)C1CCCN(c2cc(=O)n(C)c(=O)n2C)C1. The molecule has 1 fully saturated rings. The highest BCUT2D eigenvalue weighted by Crippen LogP contribution is 2.21. The van der Waals surface area contributed by atoms with Crippen LogP contribution in [0.25, 0.3) is 0 Å². The van der Waals surface area contributed by atoms with E-state index in [2.05, 4.69) is 5.32 Å². The third kappa shape index (κ3) is 3.23. The maximum absolute atomic E-state index is 12.1.